The highest BCUT2D eigenvalue weighted by Gasteiger charge is 2.32. The van der Waals surface area contributed by atoms with E-state index in [0.717, 1.165) is 17.6 Å². The highest BCUT2D eigenvalue weighted by Crippen LogP contribution is 2.32. The van der Waals surface area contributed by atoms with Crippen LogP contribution in [-0.4, -0.2) is 10.7 Å². The van der Waals surface area contributed by atoms with Crippen molar-refractivity contribution in [3.63, 3.8) is 0 Å². The Bertz CT molecular complexity index is 199. The molecule has 0 saturated carbocycles. The van der Waals surface area contributed by atoms with Crippen molar-refractivity contribution in [2.24, 2.45) is 5.92 Å². The third-order valence-electron chi connectivity index (χ3n) is 2.75. The van der Waals surface area contributed by atoms with Crippen molar-refractivity contribution >= 4 is 0 Å². The lowest BCUT2D eigenvalue weighted by molar-refractivity contribution is -0.0123. The van der Waals surface area contributed by atoms with Crippen LogP contribution < -0.4 is 0 Å². The molecule has 14 heavy (non-hydrogen) atoms. The first-order valence-corrected chi connectivity index (χ1v) is 5.33. The van der Waals surface area contributed by atoms with E-state index < -0.39 is 5.60 Å². The summed E-state index contributed by atoms with van der Waals surface area (Å²) in [7, 11) is 0. The molecule has 82 valence electrons. The van der Waals surface area contributed by atoms with Crippen LogP contribution >= 0.6 is 0 Å². The maximum absolute atomic E-state index is 10.5. The SMILES string of the molecule is C=C(C)CC(O)(CC(=C)C)C(C)CC. The maximum Gasteiger partial charge on any atom is 0.0746 e. The van der Waals surface area contributed by atoms with Crippen molar-refractivity contribution in [2.45, 2.75) is 52.6 Å². The topological polar surface area (TPSA) is 20.2 Å². The minimum atomic E-state index is -0.646. The second-order valence-corrected chi connectivity index (χ2v) is 4.68. The number of hydrogen-bond donors (Lipinski definition) is 1. The first kappa shape index (κ1) is 13.4. The summed E-state index contributed by atoms with van der Waals surface area (Å²) in [5, 5.41) is 10.5. The number of aliphatic hydroxyl groups is 1. The molecule has 0 spiro atoms. The summed E-state index contributed by atoms with van der Waals surface area (Å²) in [6.07, 6.45) is 2.33. The Morgan fingerprint density at radius 3 is 1.79 bits per heavy atom. The van der Waals surface area contributed by atoms with Crippen molar-refractivity contribution in [3.05, 3.63) is 24.3 Å². The molecule has 0 aliphatic carbocycles. The van der Waals surface area contributed by atoms with E-state index in [1.807, 2.05) is 13.8 Å². The average molecular weight is 196 g/mol. The zero-order chi connectivity index (χ0) is 11.4. The predicted molar refractivity (Wildman–Crippen MR) is 63.3 cm³/mol. The third kappa shape index (κ3) is 4.10. The van der Waals surface area contributed by atoms with Crippen molar-refractivity contribution in [1.29, 1.82) is 0 Å². The summed E-state index contributed by atoms with van der Waals surface area (Å²) < 4.78 is 0. The second kappa shape index (κ2) is 5.35. The molecule has 0 aromatic rings. The van der Waals surface area contributed by atoms with Gasteiger partial charge in [-0.05, 0) is 32.6 Å². The summed E-state index contributed by atoms with van der Waals surface area (Å²) >= 11 is 0. The Morgan fingerprint density at radius 2 is 1.57 bits per heavy atom. The molecular weight excluding hydrogens is 172 g/mol. The molecule has 0 aliphatic heterocycles. The van der Waals surface area contributed by atoms with Gasteiger partial charge in [-0.2, -0.15) is 0 Å². The quantitative estimate of drug-likeness (QED) is 0.642. The van der Waals surface area contributed by atoms with E-state index in [-0.39, 0.29) is 5.92 Å². The molecular formula is C13H24O. The first-order valence-electron chi connectivity index (χ1n) is 5.33. The van der Waals surface area contributed by atoms with Gasteiger partial charge in [-0.25, -0.2) is 0 Å². The smallest absolute Gasteiger partial charge is 0.0746 e. The molecule has 1 nitrogen and oxygen atoms in total. The number of rotatable bonds is 6. The molecule has 0 aromatic carbocycles. The van der Waals surface area contributed by atoms with E-state index >= 15 is 0 Å². The largest absolute Gasteiger partial charge is 0.389 e. The van der Waals surface area contributed by atoms with Gasteiger partial charge in [-0.3, -0.25) is 0 Å². The normalized spacial score (nSPS) is 13.8. The molecule has 0 amide bonds. The molecule has 1 unspecified atom stereocenters. The monoisotopic (exact) mass is 196 g/mol. The van der Waals surface area contributed by atoms with Gasteiger partial charge in [0.1, 0.15) is 0 Å². The van der Waals surface area contributed by atoms with Gasteiger partial charge in [0.2, 0.25) is 0 Å². The Balaban J connectivity index is 4.64. The lowest BCUT2D eigenvalue weighted by Gasteiger charge is -2.34. The molecule has 1 N–H and O–H groups in total. The molecule has 0 saturated heterocycles. The first-order chi connectivity index (χ1) is 6.31. The van der Waals surface area contributed by atoms with E-state index in [2.05, 4.69) is 27.0 Å². The second-order valence-electron chi connectivity index (χ2n) is 4.68. The van der Waals surface area contributed by atoms with Gasteiger partial charge >= 0.3 is 0 Å². The molecule has 0 aliphatic rings. The minimum Gasteiger partial charge on any atom is -0.389 e. The molecule has 1 heteroatoms. The Morgan fingerprint density at radius 1 is 1.21 bits per heavy atom. The molecule has 0 aromatic heterocycles. The fraction of sp³-hybridized carbons (Fsp3) is 0.692. The van der Waals surface area contributed by atoms with E-state index in [9.17, 15) is 5.11 Å². The van der Waals surface area contributed by atoms with E-state index in [1.54, 1.807) is 0 Å². The fourth-order valence-corrected chi connectivity index (χ4v) is 1.84. The van der Waals surface area contributed by atoms with Gasteiger partial charge < -0.3 is 5.11 Å². The van der Waals surface area contributed by atoms with Gasteiger partial charge in [0.05, 0.1) is 5.60 Å². The van der Waals surface area contributed by atoms with Crippen LogP contribution in [0.5, 0.6) is 0 Å². The molecule has 0 heterocycles. The van der Waals surface area contributed by atoms with Gasteiger partial charge in [0.15, 0.2) is 0 Å². The van der Waals surface area contributed by atoms with Crippen molar-refractivity contribution in [3.8, 4) is 0 Å². The highest BCUT2D eigenvalue weighted by molar-refractivity contribution is 5.06. The van der Waals surface area contributed by atoms with Crippen LogP contribution in [0, 0.1) is 5.92 Å². The van der Waals surface area contributed by atoms with Crippen LogP contribution in [-0.2, 0) is 0 Å². The lowest BCUT2D eigenvalue weighted by atomic mass is 9.78. The summed E-state index contributed by atoms with van der Waals surface area (Å²) in [5.74, 6) is 0.288. The van der Waals surface area contributed by atoms with Crippen LogP contribution in [0.3, 0.4) is 0 Å². The minimum absolute atomic E-state index is 0.288. The van der Waals surface area contributed by atoms with Crippen molar-refractivity contribution in [2.75, 3.05) is 0 Å². The van der Waals surface area contributed by atoms with Crippen LogP contribution in [0.2, 0.25) is 0 Å². The van der Waals surface area contributed by atoms with Crippen LogP contribution in [0.4, 0.5) is 0 Å². The average Bonchev–Trinajstić information content (AvgIpc) is 1.99. The van der Waals surface area contributed by atoms with Gasteiger partial charge in [-0.15, -0.1) is 13.2 Å². The molecule has 0 rings (SSSR count). The summed E-state index contributed by atoms with van der Waals surface area (Å²) in [6.45, 7) is 15.9. The maximum atomic E-state index is 10.5. The van der Waals surface area contributed by atoms with Crippen LogP contribution in [0.25, 0.3) is 0 Å². The van der Waals surface area contributed by atoms with Gasteiger partial charge in [-0.1, -0.05) is 31.4 Å². The molecule has 0 radical (unpaired) electrons. The predicted octanol–water partition coefficient (Wildman–Crippen LogP) is 3.70. The Kier molecular flexibility index (Phi) is 5.14. The zero-order valence-electron chi connectivity index (χ0n) is 10.1. The van der Waals surface area contributed by atoms with Gasteiger partial charge in [0, 0.05) is 0 Å². The van der Waals surface area contributed by atoms with Crippen LogP contribution in [0.15, 0.2) is 24.3 Å². The molecule has 1 atom stereocenters. The third-order valence-corrected chi connectivity index (χ3v) is 2.75. The summed E-state index contributed by atoms with van der Waals surface area (Å²) in [4.78, 5) is 0. The van der Waals surface area contributed by atoms with E-state index in [1.165, 1.54) is 0 Å². The Hall–Kier alpha value is -0.560. The highest BCUT2D eigenvalue weighted by atomic mass is 16.3. The van der Waals surface area contributed by atoms with E-state index in [0.29, 0.717) is 12.8 Å². The van der Waals surface area contributed by atoms with Gasteiger partial charge in [0.25, 0.3) is 0 Å². The standard InChI is InChI=1S/C13H24O/c1-7-12(6)13(14,8-10(2)3)9-11(4)5/h12,14H,2,4,7-9H2,1,3,5-6H3. The van der Waals surface area contributed by atoms with E-state index in [4.69, 9.17) is 0 Å². The zero-order valence-corrected chi connectivity index (χ0v) is 10.1. The molecule has 0 fully saturated rings. The van der Waals surface area contributed by atoms with Crippen molar-refractivity contribution < 1.29 is 5.11 Å². The molecule has 0 bridgehead atoms. The summed E-state index contributed by atoms with van der Waals surface area (Å²) in [6, 6.07) is 0. The number of hydrogen-bond acceptors (Lipinski definition) is 1. The Labute approximate surface area is 88.5 Å². The fourth-order valence-electron chi connectivity index (χ4n) is 1.84. The van der Waals surface area contributed by atoms with Crippen LogP contribution in [0.1, 0.15) is 47.0 Å². The summed E-state index contributed by atoms with van der Waals surface area (Å²) in [5.41, 5.74) is 1.43. The lowest BCUT2D eigenvalue weighted by Crippen LogP contribution is -2.36. The van der Waals surface area contributed by atoms with Crippen molar-refractivity contribution in [1.82, 2.24) is 0 Å².